The third-order valence-electron chi connectivity index (χ3n) is 7.59. The van der Waals surface area contributed by atoms with E-state index in [4.69, 9.17) is 10.1 Å². The summed E-state index contributed by atoms with van der Waals surface area (Å²) >= 11 is 0. The van der Waals surface area contributed by atoms with Crippen molar-refractivity contribution in [1.29, 1.82) is 0 Å². The molecular weight excluding hydrogens is 481 g/mol. The average molecular weight is 508 g/mol. The highest BCUT2D eigenvalue weighted by atomic mass is 19.1. The van der Waals surface area contributed by atoms with Gasteiger partial charge in [-0.3, -0.25) is 14.6 Å². The Kier molecular flexibility index (Phi) is 5.24. The molecule has 2 aliphatic heterocycles. The number of aliphatic imine (C=N–C) groups is 1. The molecule has 7 rings (SSSR count). The monoisotopic (exact) mass is 507 g/mol. The minimum absolute atomic E-state index is 0.118. The van der Waals surface area contributed by atoms with Gasteiger partial charge in [0.15, 0.2) is 5.82 Å². The fourth-order valence-electron chi connectivity index (χ4n) is 5.73. The van der Waals surface area contributed by atoms with Crippen LogP contribution in [0, 0.1) is 5.95 Å². The van der Waals surface area contributed by atoms with Gasteiger partial charge in [-0.1, -0.05) is 48.5 Å². The highest BCUT2D eigenvalue weighted by Crippen LogP contribution is 2.43. The summed E-state index contributed by atoms with van der Waals surface area (Å²) in [6, 6.07) is 22.8. The van der Waals surface area contributed by atoms with Crippen LogP contribution in [0.1, 0.15) is 35.2 Å². The molecule has 0 unspecified atom stereocenters. The second kappa shape index (κ2) is 8.79. The van der Waals surface area contributed by atoms with E-state index >= 15 is 0 Å². The second-order valence-corrected chi connectivity index (χ2v) is 9.97. The number of anilines is 3. The van der Waals surface area contributed by atoms with E-state index in [-0.39, 0.29) is 18.0 Å². The van der Waals surface area contributed by atoms with Gasteiger partial charge in [0.1, 0.15) is 11.4 Å². The Labute approximate surface area is 219 Å². The van der Waals surface area contributed by atoms with Crippen LogP contribution in [0.2, 0.25) is 0 Å². The Morgan fingerprint density at radius 1 is 1.00 bits per heavy atom. The molecule has 1 amide bonds. The zero-order valence-electron chi connectivity index (χ0n) is 20.9. The van der Waals surface area contributed by atoms with Crippen molar-refractivity contribution in [3.8, 4) is 11.3 Å². The van der Waals surface area contributed by atoms with Crippen LogP contribution in [0.3, 0.4) is 0 Å². The van der Waals surface area contributed by atoms with Crippen LogP contribution in [0.25, 0.3) is 11.3 Å². The Balaban J connectivity index is 1.29. The Morgan fingerprint density at radius 3 is 2.61 bits per heavy atom. The van der Waals surface area contributed by atoms with Crippen molar-refractivity contribution in [2.24, 2.45) is 4.99 Å². The number of hydrogen-bond donors (Lipinski definition) is 1. The van der Waals surface area contributed by atoms with E-state index < -0.39 is 5.95 Å². The molecule has 3 aliphatic rings. The molecule has 0 spiro atoms. The van der Waals surface area contributed by atoms with Gasteiger partial charge in [0.2, 0.25) is 11.9 Å². The number of nitrogens with zero attached hydrogens (tertiary/aromatic N) is 6. The molecule has 1 fully saturated rings. The molecule has 4 heterocycles. The molecule has 9 heteroatoms. The molecule has 1 N–H and O–H groups in total. The summed E-state index contributed by atoms with van der Waals surface area (Å²) in [5.41, 5.74) is 3.84. The van der Waals surface area contributed by atoms with Crippen molar-refractivity contribution >= 4 is 29.2 Å². The number of aromatic nitrogens is 3. The summed E-state index contributed by atoms with van der Waals surface area (Å²) in [6.07, 6.45) is 3.19. The maximum Gasteiger partial charge on any atom is 0.267 e. The summed E-state index contributed by atoms with van der Waals surface area (Å²) in [5.74, 6) is 1.39. The molecule has 8 nitrogen and oxygen atoms in total. The Hall–Kier alpha value is -4.53. The van der Waals surface area contributed by atoms with Gasteiger partial charge in [-0.15, -0.1) is 0 Å². The summed E-state index contributed by atoms with van der Waals surface area (Å²) in [4.78, 5) is 26.4. The van der Waals surface area contributed by atoms with E-state index in [1.807, 2.05) is 59.3 Å². The number of benzene rings is 2. The van der Waals surface area contributed by atoms with Gasteiger partial charge >= 0.3 is 0 Å². The zero-order valence-corrected chi connectivity index (χ0v) is 20.9. The van der Waals surface area contributed by atoms with Crippen LogP contribution >= 0.6 is 0 Å². The molecule has 1 saturated carbocycles. The molecule has 2 aromatic heterocycles. The largest absolute Gasteiger partial charge is 0.340 e. The number of para-hydroxylation sites is 1. The van der Waals surface area contributed by atoms with Gasteiger partial charge in [-0.2, -0.15) is 9.49 Å². The minimum atomic E-state index is -0.505. The van der Waals surface area contributed by atoms with Gasteiger partial charge < -0.3 is 5.32 Å². The first-order chi connectivity index (χ1) is 18.6. The molecule has 2 atom stereocenters. The van der Waals surface area contributed by atoms with Crippen LogP contribution < -0.4 is 10.2 Å². The summed E-state index contributed by atoms with van der Waals surface area (Å²) in [5, 5.41) is 8.48. The minimum Gasteiger partial charge on any atom is -0.340 e. The number of nitrogens with one attached hydrogen (secondary N) is 1. The number of fused-ring (bicyclic) bond motifs is 5. The quantitative estimate of drug-likeness (QED) is 0.382. The predicted molar refractivity (Wildman–Crippen MR) is 144 cm³/mol. The number of hydrogen-bond acceptors (Lipinski definition) is 6. The SMILES string of the molecule is CN1C(=O)c2c(nn(Cc3ccc(-c4cccc(F)n4)cc3)c2Nc2ccccc2)N2C1=N[C@H]1CCC[C@H]12. The van der Waals surface area contributed by atoms with E-state index in [1.165, 1.54) is 6.07 Å². The first-order valence-electron chi connectivity index (χ1n) is 12.9. The van der Waals surface area contributed by atoms with Crippen molar-refractivity contribution in [1.82, 2.24) is 19.7 Å². The van der Waals surface area contributed by atoms with Gasteiger partial charge in [-0.25, -0.2) is 14.7 Å². The zero-order chi connectivity index (χ0) is 25.8. The summed E-state index contributed by atoms with van der Waals surface area (Å²) < 4.78 is 15.5. The highest BCUT2D eigenvalue weighted by molar-refractivity contribution is 6.21. The van der Waals surface area contributed by atoms with E-state index in [1.54, 1.807) is 24.1 Å². The normalized spacial score (nSPS) is 19.7. The first-order valence-corrected chi connectivity index (χ1v) is 12.9. The number of carbonyl (C=O) groups excluding carboxylic acids is 1. The number of halogens is 1. The lowest BCUT2D eigenvalue weighted by molar-refractivity contribution is 0.0866. The smallest absolute Gasteiger partial charge is 0.267 e. The standard InChI is InChI=1S/C29H26FN7O/c1-35-28(38)25-26(31-20-7-3-2-4-8-20)36(34-27(25)37-23-11-5-10-22(23)33-29(35)37)17-18-13-15-19(16-14-18)21-9-6-12-24(30)32-21/h2-4,6-9,12-16,22-23,31H,5,10-11,17H2,1H3/t22-,23+/m0/s1. The summed E-state index contributed by atoms with van der Waals surface area (Å²) in [7, 11) is 1.79. The third kappa shape index (κ3) is 3.65. The maximum absolute atomic E-state index is 13.7. The molecule has 2 aromatic carbocycles. The van der Waals surface area contributed by atoms with Crippen molar-refractivity contribution in [3.05, 3.63) is 89.9 Å². The van der Waals surface area contributed by atoms with E-state index in [9.17, 15) is 9.18 Å². The fourth-order valence-corrected chi connectivity index (χ4v) is 5.73. The molecule has 0 radical (unpaired) electrons. The lowest BCUT2D eigenvalue weighted by atomic mass is 10.1. The number of amides is 1. The van der Waals surface area contributed by atoms with Crippen LogP contribution in [0.4, 0.5) is 21.7 Å². The Bertz CT molecular complexity index is 1560. The molecule has 4 aromatic rings. The first kappa shape index (κ1) is 22.7. The van der Waals surface area contributed by atoms with Crippen LogP contribution in [-0.2, 0) is 6.54 Å². The lowest BCUT2D eigenvalue weighted by Crippen LogP contribution is -2.51. The van der Waals surface area contributed by atoms with E-state index in [0.717, 1.165) is 36.1 Å². The molecule has 0 bridgehead atoms. The van der Waals surface area contributed by atoms with Gasteiger partial charge in [0.05, 0.1) is 24.3 Å². The van der Waals surface area contributed by atoms with Gasteiger partial charge in [0.25, 0.3) is 5.91 Å². The van der Waals surface area contributed by atoms with Crippen molar-refractivity contribution in [3.63, 3.8) is 0 Å². The molecule has 38 heavy (non-hydrogen) atoms. The predicted octanol–water partition coefficient (Wildman–Crippen LogP) is 5.06. The van der Waals surface area contributed by atoms with E-state index in [0.29, 0.717) is 35.4 Å². The third-order valence-corrected chi connectivity index (χ3v) is 7.59. The molecule has 1 aliphatic carbocycles. The van der Waals surface area contributed by atoms with Gasteiger partial charge in [-0.05, 0) is 49.1 Å². The number of carbonyl (C=O) groups is 1. The van der Waals surface area contributed by atoms with Crippen LogP contribution in [0.15, 0.2) is 77.8 Å². The number of guanidine groups is 1. The lowest BCUT2D eigenvalue weighted by Gasteiger charge is -2.34. The van der Waals surface area contributed by atoms with Crippen molar-refractivity contribution in [2.45, 2.75) is 37.9 Å². The Morgan fingerprint density at radius 2 is 1.82 bits per heavy atom. The molecule has 0 saturated heterocycles. The number of rotatable bonds is 5. The van der Waals surface area contributed by atoms with Crippen LogP contribution in [-0.4, -0.2) is 50.7 Å². The topological polar surface area (TPSA) is 78.7 Å². The van der Waals surface area contributed by atoms with Crippen molar-refractivity contribution < 1.29 is 9.18 Å². The van der Waals surface area contributed by atoms with E-state index in [2.05, 4.69) is 15.2 Å². The fraction of sp³-hybridized carbons (Fsp3) is 0.241. The van der Waals surface area contributed by atoms with Gasteiger partial charge in [0, 0.05) is 18.3 Å². The van der Waals surface area contributed by atoms with Crippen LogP contribution in [0.5, 0.6) is 0 Å². The van der Waals surface area contributed by atoms with Crippen molar-refractivity contribution in [2.75, 3.05) is 17.3 Å². The molecular formula is C29H26FN7O. The number of pyridine rings is 1. The maximum atomic E-state index is 13.7. The molecule has 190 valence electrons. The second-order valence-electron chi connectivity index (χ2n) is 9.97. The summed E-state index contributed by atoms with van der Waals surface area (Å²) in [6.45, 7) is 0.449. The highest BCUT2D eigenvalue weighted by Gasteiger charge is 2.49. The average Bonchev–Trinajstić information content (AvgIpc) is 3.62.